The molecule has 0 saturated heterocycles. The van der Waals surface area contributed by atoms with Gasteiger partial charge < -0.3 is 20.1 Å². The van der Waals surface area contributed by atoms with E-state index in [1.54, 1.807) is 24.3 Å². The Morgan fingerprint density at radius 1 is 0.964 bits per heavy atom. The zero-order valence-corrected chi connectivity index (χ0v) is 17.6. The lowest BCUT2D eigenvalue weighted by atomic mass is 9.95. The molecule has 1 atom stereocenters. The van der Waals surface area contributed by atoms with Crippen molar-refractivity contribution in [3.63, 3.8) is 0 Å². The number of nitrogens with one attached hydrogen (secondary N) is 3. The van der Waals surface area contributed by atoms with Crippen molar-refractivity contribution in [2.75, 3.05) is 29.5 Å². The van der Waals surface area contributed by atoms with Crippen LogP contribution in [-0.4, -0.2) is 30.7 Å². The summed E-state index contributed by atoms with van der Waals surface area (Å²) in [4.78, 5) is 21.6. The van der Waals surface area contributed by atoms with Crippen molar-refractivity contribution in [2.45, 2.75) is 25.7 Å². The molecule has 0 fully saturated rings. The summed E-state index contributed by atoms with van der Waals surface area (Å²) in [5, 5.41) is 5.88. The summed E-state index contributed by atoms with van der Waals surface area (Å²) in [6, 6.07) is 14.5. The van der Waals surface area contributed by atoms with Crippen molar-refractivity contribution in [3.8, 4) is 0 Å². The molecule has 7 nitrogen and oxygen atoms in total. The smallest absolute Gasteiger partial charge is 0.292 e. The van der Waals surface area contributed by atoms with E-state index in [1.165, 1.54) is 7.11 Å². The van der Waals surface area contributed by atoms with Crippen LogP contribution in [0.15, 0.2) is 53.4 Å². The molecule has 8 heteroatoms. The summed E-state index contributed by atoms with van der Waals surface area (Å²) in [6.07, 6.45) is 0. The van der Waals surface area contributed by atoms with Crippen LogP contribution in [0.4, 0.5) is 17.1 Å². The Morgan fingerprint density at radius 3 is 1.86 bits per heavy atom. The number of methoxy groups -OCH3 is 1. The van der Waals surface area contributed by atoms with Gasteiger partial charge in [0.25, 0.3) is 6.47 Å². The van der Waals surface area contributed by atoms with Crippen LogP contribution in [0.1, 0.15) is 20.8 Å². The number of rotatable bonds is 6. The van der Waals surface area contributed by atoms with Gasteiger partial charge in [0.1, 0.15) is 11.0 Å². The van der Waals surface area contributed by atoms with Crippen molar-refractivity contribution >= 4 is 40.4 Å². The summed E-state index contributed by atoms with van der Waals surface area (Å²) < 4.78 is 19.1. The number of hydrogen-bond acceptors (Lipinski definition) is 5. The topological polar surface area (TPSA) is 96.5 Å². The van der Waals surface area contributed by atoms with Crippen molar-refractivity contribution in [2.24, 2.45) is 5.41 Å². The zero-order valence-electron chi connectivity index (χ0n) is 16.7. The predicted octanol–water partition coefficient (Wildman–Crippen LogP) is 3.64. The molecule has 0 saturated carbocycles. The molecule has 28 heavy (non-hydrogen) atoms. The van der Waals surface area contributed by atoms with Crippen molar-refractivity contribution < 1.29 is 18.5 Å². The molecule has 2 rings (SSSR count). The Bertz CT molecular complexity index is 785. The van der Waals surface area contributed by atoms with Gasteiger partial charge in [0.15, 0.2) is 0 Å². The Labute approximate surface area is 168 Å². The summed E-state index contributed by atoms with van der Waals surface area (Å²) in [5.41, 5.74) is 1.96. The standard InChI is InChI=1S/C18H23N3O2S.C2H4O2/c1-18(2,3)17(22)20-14-5-7-15(8-6-14)21-24(23)16-11-9-13(19-4)10-12-16;1-4-2-3/h5-12,19,21H,1-4H3,(H,20,22);2H,1H3. The maximum atomic E-state index is 12.3. The minimum atomic E-state index is -1.34. The number of carbonyl (C=O) groups is 2. The average molecular weight is 406 g/mol. The van der Waals surface area contributed by atoms with Crippen LogP contribution in [0.5, 0.6) is 0 Å². The average Bonchev–Trinajstić information content (AvgIpc) is 2.69. The van der Waals surface area contributed by atoms with Gasteiger partial charge in [-0.25, -0.2) is 4.21 Å². The van der Waals surface area contributed by atoms with E-state index in [4.69, 9.17) is 4.79 Å². The normalized spacial score (nSPS) is 11.3. The minimum Gasteiger partial charge on any atom is -0.471 e. The largest absolute Gasteiger partial charge is 0.471 e. The van der Waals surface area contributed by atoms with Crippen LogP contribution in [0, 0.1) is 5.41 Å². The van der Waals surface area contributed by atoms with E-state index >= 15 is 0 Å². The summed E-state index contributed by atoms with van der Waals surface area (Å²) in [5.74, 6) is -0.0450. The minimum absolute atomic E-state index is 0.0450. The number of amides is 1. The monoisotopic (exact) mass is 405 g/mol. The van der Waals surface area contributed by atoms with Gasteiger partial charge in [-0.2, -0.15) is 0 Å². The second kappa shape index (κ2) is 11.1. The molecule has 0 bridgehead atoms. The lowest BCUT2D eigenvalue weighted by Gasteiger charge is -2.17. The molecule has 0 radical (unpaired) electrons. The van der Waals surface area contributed by atoms with E-state index in [-0.39, 0.29) is 5.91 Å². The van der Waals surface area contributed by atoms with Gasteiger partial charge in [-0.1, -0.05) is 20.8 Å². The molecule has 3 N–H and O–H groups in total. The molecule has 0 aliphatic heterocycles. The SMILES string of the molecule is CNc1ccc(S(=O)Nc2ccc(NC(=O)C(C)(C)C)cc2)cc1.COC=O. The summed E-state index contributed by atoms with van der Waals surface area (Å²) in [6.45, 7) is 5.96. The Hall–Kier alpha value is -2.87. The van der Waals surface area contributed by atoms with Gasteiger partial charge in [-0.05, 0) is 48.5 Å². The van der Waals surface area contributed by atoms with Gasteiger partial charge in [-0.15, -0.1) is 0 Å². The third kappa shape index (κ3) is 7.79. The first-order valence-electron chi connectivity index (χ1n) is 8.55. The Balaban J connectivity index is 0.000000892. The summed E-state index contributed by atoms with van der Waals surface area (Å²) >= 11 is 0. The highest BCUT2D eigenvalue weighted by Gasteiger charge is 2.21. The van der Waals surface area contributed by atoms with Crippen LogP contribution in [-0.2, 0) is 25.3 Å². The van der Waals surface area contributed by atoms with Crippen molar-refractivity contribution in [3.05, 3.63) is 48.5 Å². The van der Waals surface area contributed by atoms with E-state index in [1.807, 2.05) is 52.1 Å². The molecule has 0 spiro atoms. The van der Waals surface area contributed by atoms with E-state index in [0.717, 1.165) is 11.4 Å². The fourth-order valence-corrected chi connectivity index (χ4v) is 2.70. The van der Waals surface area contributed by atoms with E-state index in [9.17, 15) is 9.00 Å². The number of anilines is 3. The number of carbonyl (C=O) groups excluding carboxylic acids is 2. The third-order valence-electron chi connectivity index (χ3n) is 3.49. The highest BCUT2D eigenvalue weighted by molar-refractivity contribution is 7.86. The van der Waals surface area contributed by atoms with Crippen LogP contribution in [0.25, 0.3) is 0 Å². The maximum absolute atomic E-state index is 12.3. The molecular formula is C20H27N3O4S. The van der Waals surface area contributed by atoms with Gasteiger partial charge in [0, 0.05) is 29.5 Å². The lowest BCUT2D eigenvalue weighted by Crippen LogP contribution is -2.27. The highest BCUT2D eigenvalue weighted by atomic mass is 32.2. The number of hydrogen-bond donors (Lipinski definition) is 3. The van der Waals surface area contributed by atoms with Crippen molar-refractivity contribution in [1.29, 1.82) is 0 Å². The second-order valence-electron chi connectivity index (χ2n) is 6.76. The van der Waals surface area contributed by atoms with Gasteiger partial charge in [0.05, 0.1) is 12.0 Å². The van der Waals surface area contributed by atoms with Gasteiger partial charge in [0.2, 0.25) is 5.91 Å². The van der Waals surface area contributed by atoms with E-state index in [2.05, 4.69) is 20.1 Å². The fraction of sp³-hybridized carbons (Fsp3) is 0.300. The molecule has 152 valence electrons. The molecule has 0 heterocycles. The first-order chi connectivity index (χ1) is 13.2. The molecule has 2 aromatic carbocycles. The van der Waals surface area contributed by atoms with Gasteiger partial charge >= 0.3 is 0 Å². The third-order valence-corrected chi connectivity index (χ3v) is 4.61. The maximum Gasteiger partial charge on any atom is 0.292 e. The molecule has 2 aromatic rings. The first-order valence-corrected chi connectivity index (χ1v) is 9.70. The van der Waals surface area contributed by atoms with Crippen LogP contribution in [0.3, 0.4) is 0 Å². The number of ether oxygens (including phenoxy) is 1. The Kier molecular flexibility index (Phi) is 9.17. The molecular weight excluding hydrogens is 378 g/mol. The highest BCUT2D eigenvalue weighted by Crippen LogP contribution is 2.20. The number of benzene rings is 2. The Morgan fingerprint density at radius 2 is 1.43 bits per heavy atom. The second-order valence-corrected chi connectivity index (χ2v) is 7.97. The predicted molar refractivity (Wildman–Crippen MR) is 114 cm³/mol. The molecule has 0 aliphatic carbocycles. The quantitative estimate of drug-likeness (QED) is 0.638. The summed E-state index contributed by atoms with van der Waals surface area (Å²) in [7, 11) is 1.81. The van der Waals surface area contributed by atoms with Crippen LogP contribution in [0.2, 0.25) is 0 Å². The van der Waals surface area contributed by atoms with Crippen LogP contribution >= 0.6 is 0 Å². The van der Waals surface area contributed by atoms with Crippen molar-refractivity contribution in [1.82, 2.24) is 0 Å². The zero-order chi connectivity index (χ0) is 21.2. The van der Waals surface area contributed by atoms with E-state index < -0.39 is 16.4 Å². The molecule has 0 aliphatic rings. The molecule has 0 aromatic heterocycles. The first kappa shape index (κ1) is 23.2. The van der Waals surface area contributed by atoms with Crippen LogP contribution < -0.4 is 15.4 Å². The molecule has 1 amide bonds. The van der Waals surface area contributed by atoms with Gasteiger partial charge in [-0.3, -0.25) is 9.59 Å². The fourth-order valence-electron chi connectivity index (χ4n) is 1.85. The molecule has 1 unspecified atom stereocenters. The van der Waals surface area contributed by atoms with E-state index in [0.29, 0.717) is 17.1 Å². The lowest BCUT2D eigenvalue weighted by molar-refractivity contribution is -0.126.